The van der Waals surface area contributed by atoms with E-state index in [0.29, 0.717) is 6.04 Å². The second-order valence-electron chi connectivity index (χ2n) is 5.93. The molecule has 1 N–H and O–H groups in total. The Kier molecular flexibility index (Phi) is 3.56. The lowest BCUT2D eigenvalue weighted by Gasteiger charge is -2.18. The Hall–Kier alpha value is -1.34. The molecule has 0 bridgehead atoms. The number of likely N-dealkylation sites (N-methyl/N-ethyl adjacent to an activating group) is 1. The zero-order valence-electron chi connectivity index (χ0n) is 11.9. The third kappa shape index (κ3) is 2.82. The second kappa shape index (κ2) is 5.34. The second-order valence-corrected chi connectivity index (χ2v) is 5.93. The molecule has 3 atom stereocenters. The summed E-state index contributed by atoms with van der Waals surface area (Å²) < 4.78 is 0. The first kappa shape index (κ1) is 12.7. The van der Waals surface area contributed by atoms with E-state index in [1.165, 1.54) is 22.8 Å². The Morgan fingerprint density at radius 3 is 2.58 bits per heavy atom. The highest BCUT2D eigenvalue weighted by molar-refractivity contribution is 5.82. The van der Waals surface area contributed by atoms with E-state index in [1.807, 2.05) is 0 Å². The van der Waals surface area contributed by atoms with E-state index in [2.05, 4.69) is 61.6 Å². The predicted octanol–water partition coefficient (Wildman–Crippen LogP) is 4.02. The Balaban J connectivity index is 1.79. The van der Waals surface area contributed by atoms with Gasteiger partial charge in [0.15, 0.2) is 0 Å². The molecule has 3 unspecified atom stereocenters. The lowest BCUT2D eigenvalue weighted by atomic mass is 9.98. The van der Waals surface area contributed by atoms with Crippen LogP contribution in [0.3, 0.4) is 0 Å². The van der Waals surface area contributed by atoms with Gasteiger partial charge in [-0.25, -0.2) is 0 Å². The van der Waals surface area contributed by atoms with Gasteiger partial charge in [-0.05, 0) is 47.6 Å². The monoisotopic (exact) mass is 253 g/mol. The van der Waals surface area contributed by atoms with E-state index >= 15 is 0 Å². The number of nitrogens with one attached hydrogen (secondary N) is 1. The highest BCUT2D eigenvalue weighted by atomic mass is 14.9. The standard InChI is InChI=1S/C18H23N/c1-3-19-18(17-10-13(17)2)12-14-8-9-15-6-4-5-7-16(15)11-14/h4-9,11,13,17-19H,3,10,12H2,1-2H3. The average Bonchev–Trinajstić information content (AvgIpc) is 3.15. The molecule has 0 aromatic heterocycles. The van der Waals surface area contributed by atoms with E-state index in [4.69, 9.17) is 0 Å². The van der Waals surface area contributed by atoms with Crippen LogP contribution in [0.25, 0.3) is 10.8 Å². The van der Waals surface area contributed by atoms with Crippen LogP contribution in [0.2, 0.25) is 0 Å². The van der Waals surface area contributed by atoms with Gasteiger partial charge < -0.3 is 5.32 Å². The fourth-order valence-corrected chi connectivity index (χ4v) is 3.17. The van der Waals surface area contributed by atoms with Gasteiger partial charge in [-0.15, -0.1) is 0 Å². The molecular weight excluding hydrogens is 230 g/mol. The van der Waals surface area contributed by atoms with Gasteiger partial charge in [0.05, 0.1) is 0 Å². The van der Waals surface area contributed by atoms with Crippen LogP contribution in [-0.2, 0) is 6.42 Å². The molecule has 19 heavy (non-hydrogen) atoms. The maximum atomic E-state index is 3.67. The molecule has 0 aliphatic heterocycles. The van der Waals surface area contributed by atoms with Crippen LogP contribution in [0, 0.1) is 11.8 Å². The predicted molar refractivity (Wildman–Crippen MR) is 82.4 cm³/mol. The van der Waals surface area contributed by atoms with Crippen LogP contribution >= 0.6 is 0 Å². The molecule has 0 heterocycles. The van der Waals surface area contributed by atoms with Crippen LogP contribution in [0.4, 0.5) is 0 Å². The maximum Gasteiger partial charge on any atom is 0.0138 e. The molecule has 3 rings (SSSR count). The Morgan fingerprint density at radius 2 is 1.89 bits per heavy atom. The van der Waals surface area contributed by atoms with Crippen LogP contribution < -0.4 is 5.32 Å². The molecule has 0 spiro atoms. The van der Waals surface area contributed by atoms with Crippen LogP contribution in [0.15, 0.2) is 42.5 Å². The van der Waals surface area contributed by atoms with Crippen molar-refractivity contribution in [2.45, 2.75) is 32.7 Å². The molecule has 2 aromatic carbocycles. The smallest absolute Gasteiger partial charge is 0.0138 e. The molecule has 1 aliphatic carbocycles. The fraction of sp³-hybridized carbons (Fsp3) is 0.444. The molecular formula is C18H23N. The van der Waals surface area contributed by atoms with Gasteiger partial charge in [-0.1, -0.05) is 56.3 Å². The molecule has 2 aromatic rings. The fourth-order valence-electron chi connectivity index (χ4n) is 3.17. The van der Waals surface area contributed by atoms with Crippen molar-refractivity contribution >= 4 is 10.8 Å². The largest absolute Gasteiger partial charge is 0.314 e. The van der Waals surface area contributed by atoms with Gasteiger partial charge in [-0.2, -0.15) is 0 Å². The Bertz CT molecular complexity index is 560. The molecule has 0 radical (unpaired) electrons. The molecule has 100 valence electrons. The van der Waals surface area contributed by atoms with Crippen molar-refractivity contribution in [3.63, 3.8) is 0 Å². The summed E-state index contributed by atoms with van der Waals surface area (Å²) in [6.07, 6.45) is 2.55. The SMILES string of the molecule is CCNC(Cc1ccc2ccccc2c1)C1CC1C. The average molecular weight is 253 g/mol. The summed E-state index contributed by atoms with van der Waals surface area (Å²) in [5.41, 5.74) is 1.46. The number of hydrogen-bond acceptors (Lipinski definition) is 1. The van der Waals surface area contributed by atoms with Crippen molar-refractivity contribution in [2.24, 2.45) is 11.8 Å². The van der Waals surface area contributed by atoms with Gasteiger partial charge in [0.2, 0.25) is 0 Å². The van der Waals surface area contributed by atoms with Gasteiger partial charge in [0.1, 0.15) is 0 Å². The highest BCUT2D eigenvalue weighted by Crippen LogP contribution is 2.41. The minimum absolute atomic E-state index is 0.654. The van der Waals surface area contributed by atoms with Gasteiger partial charge in [0.25, 0.3) is 0 Å². The highest BCUT2D eigenvalue weighted by Gasteiger charge is 2.38. The maximum absolute atomic E-state index is 3.67. The summed E-state index contributed by atoms with van der Waals surface area (Å²) in [6, 6.07) is 16.2. The van der Waals surface area contributed by atoms with Crippen LogP contribution in [0.5, 0.6) is 0 Å². The van der Waals surface area contributed by atoms with Crippen molar-refractivity contribution in [1.82, 2.24) is 5.32 Å². The minimum atomic E-state index is 0.654. The Morgan fingerprint density at radius 1 is 1.16 bits per heavy atom. The number of benzene rings is 2. The molecule has 1 fully saturated rings. The van der Waals surface area contributed by atoms with E-state index in [1.54, 1.807) is 0 Å². The summed E-state index contributed by atoms with van der Waals surface area (Å²) in [4.78, 5) is 0. The topological polar surface area (TPSA) is 12.0 Å². The summed E-state index contributed by atoms with van der Waals surface area (Å²) >= 11 is 0. The lowest BCUT2D eigenvalue weighted by Crippen LogP contribution is -2.33. The Labute approximate surface area is 116 Å². The van der Waals surface area contributed by atoms with E-state index in [0.717, 1.165) is 24.8 Å². The van der Waals surface area contributed by atoms with E-state index < -0.39 is 0 Å². The molecule has 1 aliphatic rings. The normalized spacial score (nSPS) is 23.5. The van der Waals surface area contributed by atoms with Crippen LogP contribution in [-0.4, -0.2) is 12.6 Å². The van der Waals surface area contributed by atoms with Crippen LogP contribution in [0.1, 0.15) is 25.8 Å². The van der Waals surface area contributed by atoms with Crippen molar-refractivity contribution < 1.29 is 0 Å². The van der Waals surface area contributed by atoms with Crippen molar-refractivity contribution in [3.05, 3.63) is 48.0 Å². The first-order chi connectivity index (χ1) is 9.28. The van der Waals surface area contributed by atoms with Gasteiger partial charge in [-0.3, -0.25) is 0 Å². The quantitative estimate of drug-likeness (QED) is 0.848. The third-order valence-electron chi connectivity index (χ3n) is 4.42. The van der Waals surface area contributed by atoms with E-state index in [9.17, 15) is 0 Å². The molecule has 0 amide bonds. The van der Waals surface area contributed by atoms with Crippen molar-refractivity contribution in [2.75, 3.05) is 6.54 Å². The lowest BCUT2D eigenvalue weighted by molar-refractivity contribution is 0.455. The molecule has 1 heteroatoms. The van der Waals surface area contributed by atoms with E-state index in [-0.39, 0.29) is 0 Å². The number of fused-ring (bicyclic) bond motifs is 1. The number of rotatable bonds is 5. The number of hydrogen-bond donors (Lipinski definition) is 1. The zero-order valence-corrected chi connectivity index (χ0v) is 11.9. The summed E-state index contributed by atoms with van der Waals surface area (Å²) in [6.45, 7) is 5.65. The van der Waals surface area contributed by atoms with Crippen molar-refractivity contribution in [3.8, 4) is 0 Å². The first-order valence-corrected chi connectivity index (χ1v) is 7.49. The van der Waals surface area contributed by atoms with Crippen molar-refractivity contribution in [1.29, 1.82) is 0 Å². The summed E-state index contributed by atoms with van der Waals surface area (Å²) in [5, 5.41) is 6.37. The molecule has 0 saturated heterocycles. The molecule has 1 saturated carbocycles. The zero-order chi connectivity index (χ0) is 13.2. The summed E-state index contributed by atoms with van der Waals surface area (Å²) in [7, 11) is 0. The van der Waals surface area contributed by atoms with Gasteiger partial charge >= 0.3 is 0 Å². The third-order valence-corrected chi connectivity index (χ3v) is 4.42. The first-order valence-electron chi connectivity index (χ1n) is 7.49. The van der Waals surface area contributed by atoms with Gasteiger partial charge in [0, 0.05) is 6.04 Å². The minimum Gasteiger partial charge on any atom is -0.314 e. The molecule has 1 nitrogen and oxygen atoms in total. The summed E-state index contributed by atoms with van der Waals surface area (Å²) in [5.74, 6) is 1.79.